The first-order valence-electron chi connectivity index (χ1n) is 5.50. The third kappa shape index (κ3) is 2.27. The molecule has 5 nitrogen and oxygen atoms in total. The van der Waals surface area contributed by atoms with Crippen LogP contribution in [0.2, 0.25) is 0 Å². The second-order valence-electron chi connectivity index (χ2n) is 4.05. The van der Waals surface area contributed by atoms with Crippen LogP contribution in [-0.2, 0) is 16.3 Å². The minimum atomic E-state index is -3.07. The number of aromatic nitrogens is 1. The van der Waals surface area contributed by atoms with Gasteiger partial charge in [0.15, 0.2) is 9.84 Å². The molecule has 2 heterocycles. The van der Waals surface area contributed by atoms with Crippen molar-refractivity contribution in [3.63, 3.8) is 0 Å². The Morgan fingerprint density at radius 3 is 3.00 bits per heavy atom. The van der Waals surface area contributed by atoms with Gasteiger partial charge in [-0.1, -0.05) is 6.42 Å². The molecule has 16 heavy (non-hydrogen) atoms. The Hall–Kier alpha value is -0.880. The third-order valence-electron chi connectivity index (χ3n) is 2.82. The van der Waals surface area contributed by atoms with Crippen LogP contribution in [0.15, 0.2) is 10.6 Å². The first kappa shape index (κ1) is 11.6. The average molecular weight is 244 g/mol. The van der Waals surface area contributed by atoms with Crippen molar-refractivity contribution >= 4 is 9.84 Å². The number of oxazole rings is 1. The minimum Gasteiger partial charge on any atom is -0.444 e. The van der Waals surface area contributed by atoms with Gasteiger partial charge in [0.05, 0.1) is 11.9 Å². The van der Waals surface area contributed by atoms with Gasteiger partial charge in [0.25, 0.3) is 0 Å². The lowest BCUT2D eigenvalue weighted by atomic mass is 10.2. The van der Waals surface area contributed by atoms with Crippen LogP contribution in [0.3, 0.4) is 0 Å². The maximum atomic E-state index is 11.8. The van der Waals surface area contributed by atoms with E-state index in [-0.39, 0.29) is 5.75 Å². The van der Waals surface area contributed by atoms with Crippen LogP contribution in [-0.4, -0.2) is 25.7 Å². The lowest BCUT2D eigenvalue weighted by molar-refractivity contribution is 0.427. The van der Waals surface area contributed by atoms with Crippen LogP contribution >= 0.6 is 0 Å². The van der Waals surface area contributed by atoms with Crippen molar-refractivity contribution in [2.75, 3.05) is 12.3 Å². The molecule has 0 bridgehead atoms. The topological polar surface area (TPSA) is 86.2 Å². The van der Waals surface area contributed by atoms with Crippen LogP contribution < -0.4 is 5.73 Å². The average Bonchev–Trinajstić information content (AvgIpc) is 2.66. The molecule has 0 amide bonds. The monoisotopic (exact) mass is 244 g/mol. The predicted molar refractivity (Wildman–Crippen MR) is 59.6 cm³/mol. The van der Waals surface area contributed by atoms with Gasteiger partial charge in [-0.25, -0.2) is 13.4 Å². The van der Waals surface area contributed by atoms with E-state index in [9.17, 15) is 8.42 Å². The minimum absolute atomic E-state index is 0.242. The summed E-state index contributed by atoms with van der Waals surface area (Å²) < 4.78 is 29.1. The molecule has 0 aromatic carbocycles. The molecule has 2 N–H and O–H groups in total. The molecule has 1 aliphatic heterocycles. The summed E-state index contributed by atoms with van der Waals surface area (Å²) in [7, 11) is -3.07. The van der Waals surface area contributed by atoms with E-state index in [1.165, 1.54) is 0 Å². The first-order chi connectivity index (χ1) is 7.63. The summed E-state index contributed by atoms with van der Waals surface area (Å²) in [5.41, 5.74) is 5.40. The van der Waals surface area contributed by atoms with Gasteiger partial charge >= 0.3 is 0 Å². The van der Waals surface area contributed by atoms with E-state index < -0.39 is 15.1 Å². The highest BCUT2D eigenvalue weighted by Gasteiger charge is 2.33. The lowest BCUT2D eigenvalue weighted by Crippen LogP contribution is -2.21. The molecule has 1 aliphatic rings. The van der Waals surface area contributed by atoms with Crippen molar-refractivity contribution < 1.29 is 12.8 Å². The molecule has 1 saturated heterocycles. The maximum absolute atomic E-state index is 11.8. The smallest absolute Gasteiger partial charge is 0.212 e. The van der Waals surface area contributed by atoms with Gasteiger partial charge in [0.2, 0.25) is 5.89 Å². The largest absolute Gasteiger partial charge is 0.444 e. The molecule has 1 unspecified atom stereocenters. The quantitative estimate of drug-likeness (QED) is 0.850. The molecule has 1 aromatic heterocycles. The van der Waals surface area contributed by atoms with Crippen molar-refractivity contribution in [2.24, 2.45) is 5.73 Å². The summed E-state index contributed by atoms with van der Waals surface area (Å²) in [6.07, 6.45) is 4.45. The predicted octanol–water partition coefficient (Wildman–Crippen LogP) is 0.816. The van der Waals surface area contributed by atoms with Gasteiger partial charge in [-0.15, -0.1) is 0 Å². The van der Waals surface area contributed by atoms with E-state index in [2.05, 4.69) is 4.98 Å². The number of nitrogens with zero attached hydrogens (tertiary/aromatic N) is 1. The molecule has 1 atom stereocenters. The molecule has 90 valence electrons. The van der Waals surface area contributed by atoms with E-state index in [1.807, 2.05) is 0 Å². The number of hydrogen-bond acceptors (Lipinski definition) is 5. The molecule has 6 heteroatoms. The molecule has 0 saturated carbocycles. The normalized spacial score (nSPS) is 24.4. The van der Waals surface area contributed by atoms with Crippen molar-refractivity contribution in [2.45, 2.75) is 30.9 Å². The number of sulfone groups is 1. The molecular weight excluding hydrogens is 228 g/mol. The van der Waals surface area contributed by atoms with Crippen molar-refractivity contribution in [1.29, 1.82) is 0 Å². The van der Waals surface area contributed by atoms with Crippen molar-refractivity contribution in [3.8, 4) is 0 Å². The van der Waals surface area contributed by atoms with Crippen LogP contribution in [0, 0.1) is 0 Å². The zero-order valence-electron chi connectivity index (χ0n) is 9.05. The highest BCUT2D eigenvalue weighted by atomic mass is 32.2. The van der Waals surface area contributed by atoms with E-state index in [4.69, 9.17) is 10.2 Å². The van der Waals surface area contributed by atoms with Gasteiger partial charge in [-0.2, -0.15) is 0 Å². The SMILES string of the molecule is NCCc1cnc(C2CCCCS2(=O)=O)o1. The molecule has 2 rings (SSSR count). The highest BCUT2D eigenvalue weighted by Crippen LogP contribution is 2.32. The van der Waals surface area contributed by atoms with Crippen LogP contribution in [0.25, 0.3) is 0 Å². The van der Waals surface area contributed by atoms with Crippen molar-refractivity contribution in [1.82, 2.24) is 4.98 Å². The Morgan fingerprint density at radius 1 is 1.50 bits per heavy atom. The van der Waals surface area contributed by atoms with E-state index in [1.54, 1.807) is 6.20 Å². The van der Waals surface area contributed by atoms with E-state index in [0.29, 0.717) is 31.0 Å². The Kier molecular flexibility index (Phi) is 3.30. The van der Waals surface area contributed by atoms with E-state index >= 15 is 0 Å². The molecule has 1 aromatic rings. The zero-order valence-corrected chi connectivity index (χ0v) is 9.87. The summed E-state index contributed by atoms with van der Waals surface area (Å²) in [5, 5.41) is -0.548. The first-order valence-corrected chi connectivity index (χ1v) is 7.21. The summed E-state index contributed by atoms with van der Waals surface area (Å²) in [6, 6.07) is 0. The molecule has 0 radical (unpaired) electrons. The summed E-state index contributed by atoms with van der Waals surface area (Å²) in [5.74, 6) is 1.24. The lowest BCUT2D eigenvalue weighted by Gasteiger charge is -2.19. The Bertz CT molecular complexity index is 452. The zero-order chi connectivity index (χ0) is 11.6. The molecular formula is C10H16N2O3S. The van der Waals surface area contributed by atoms with Crippen molar-refractivity contribution in [3.05, 3.63) is 17.8 Å². The summed E-state index contributed by atoms with van der Waals surface area (Å²) in [6.45, 7) is 0.478. The molecule has 0 aliphatic carbocycles. The van der Waals surface area contributed by atoms with Gasteiger partial charge in [0.1, 0.15) is 11.0 Å². The highest BCUT2D eigenvalue weighted by molar-refractivity contribution is 7.91. The van der Waals surface area contributed by atoms with Gasteiger partial charge < -0.3 is 10.2 Å². The summed E-state index contributed by atoms with van der Waals surface area (Å²) in [4.78, 5) is 4.05. The fourth-order valence-electron chi connectivity index (χ4n) is 1.96. The fraction of sp³-hybridized carbons (Fsp3) is 0.700. The third-order valence-corrected chi connectivity index (χ3v) is 4.98. The number of nitrogens with two attached hydrogens (primary N) is 1. The van der Waals surface area contributed by atoms with Gasteiger partial charge in [-0.3, -0.25) is 0 Å². The Balaban J connectivity index is 2.22. The molecule has 1 fully saturated rings. The van der Waals surface area contributed by atoms with Gasteiger partial charge in [-0.05, 0) is 19.4 Å². The number of hydrogen-bond donors (Lipinski definition) is 1. The maximum Gasteiger partial charge on any atom is 0.212 e. The molecule has 0 spiro atoms. The van der Waals surface area contributed by atoms with E-state index in [0.717, 1.165) is 12.8 Å². The standard InChI is InChI=1S/C10H16N2O3S/c11-5-4-8-7-12-10(15-8)9-3-1-2-6-16(9,13)14/h7,9H,1-6,11H2. The van der Waals surface area contributed by atoms with Crippen LogP contribution in [0.1, 0.15) is 36.2 Å². The fourth-order valence-corrected chi connectivity index (χ4v) is 3.79. The Labute approximate surface area is 95.0 Å². The van der Waals surface area contributed by atoms with Gasteiger partial charge in [0, 0.05) is 6.42 Å². The second kappa shape index (κ2) is 4.55. The Morgan fingerprint density at radius 2 is 2.31 bits per heavy atom. The van der Waals surface area contributed by atoms with Crippen LogP contribution in [0.4, 0.5) is 0 Å². The number of rotatable bonds is 3. The summed E-state index contributed by atoms with van der Waals surface area (Å²) >= 11 is 0. The second-order valence-corrected chi connectivity index (χ2v) is 6.36. The van der Waals surface area contributed by atoms with Crippen LogP contribution in [0.5, 0.6) is 0 Å².